The van der Waals surface area contributed by atoms with E-state index in [1.807, 2.05) is 11.8 Å². The van der Waals surface area contributed by atoms with Gasteiger partial charge >= 0.3 is 12.0 Å². The molecule has 21 heavy (non-hydrogen) atoms. The lowest BCUT2D eigenvalue weighted by Crippen LogP contribution is -2.48. The second-order valence-corrected chi connectivity index (χ2v) is 5.82. The highest BCUT2D eigenvalue weighted by molar-refractivity contribution is 5.94. The molecule has 2 N–H and O–H groups in total. The number of piperidine rings is 1. The largest absolute Gasteiger partial charge is 0.478 e. The Morgan fingerprint density at radius 2 is 2.05 bits per heavy atom. The molecule has 1 aliphatic rings. The highest BCUT2D eigenvalue weighted by Gasteiger charge is 2.28. The van der Waals surface area contributed by atoms with Crippen LogP contribution in [0.3, 0.4) is 0 Å². The summed E-state index contributed by atoms with van der Waals surface area (Å²) in [6.07, 6.45) is 2.14. The SMILES string of the molecule is Cc1ccc(C(=O)O)cc1NC(=O)N1CCCC(C)C1C. The van der Waals surface area contributed by atoms with E-state index in [1.165, 1.54) is 6.07 Å². The van der Waals surface area contributed by atoms with Crippen molar-refractivity contribution in [3.63, 3.8) is 0 Å². The topological polar surface area (TPSA) is 69.6 Å². The summed E-state index contributed by atoms with van der Waals surface area (Å²) in [5, 5.41) is 11.9. The number of carbonyl (C=O) groups is 2. The summed E-state index contributed by atoms with van der Waals surface area (Å²) in [6, 6.07) is 4.80. The third kappa shape index (κ3) is 3.35. The van der Waals surface area contributed by atoms with Crippen LogP contribution in [-0.4, -0.2) is 34.6 Å². The molecule has 2 amide bonds. The van der Waals surface area contributed by atoms with Gasteiger partial charge in [0.2, 0.25) is 0 Å². The number of benzene rings is 1. The molecule has 1 heterocycles. The Labute approximate surface area is 125 Å². The molecule has 0 spiro atoms. The molecule has 0 aromatic heterocycles. The third-order valence-corrected chi connectivity index (χ3v) is 4.36. The maximum atomic E-state index is 12.4. The zero-order valence-electron chi connectivity index (χ0n) is 12.7. The van der Waals surface area contributed by atoms with Gasteiger partial charge in [0, 0.05) is 18.3 Å². The van der Waals surface area contributed by atoms with Gasteiger partial charge in [-0.25, -0.2) is 9.59 Å². The summed E-state index contributed by atoms with van der Waals surface area (Å²) >= 11 is 0. The summed E-state index contributed by atoms with van der Waals surface area (Å²) in [5.41, 5.74) is 1.59. The van der Waals surface area contributed by atoms with Crippen LogP contribution in [0.25, 0.3) is 0 Å². The van der Waals surface area contributed by atoms with E-state index in [2.05, 4.69) is 19.2 Å². The van der Waals surface area contributed by atoms with Gasteiger partial charge in [0.15, 0.2) is 0 Å². The van der Waals surface area contributed by atoms with Crippen LogP contribution in [0.2, 0.25) is 0 Å². The third-order valence-electron chi connectivity index (χ3n) is 4.36. The van der Waals surface area contributed by atoms with E-state index in [0.29, 0.717) is 11.6 Å². The lowest BCUT2D eigenvalue weighted by Gasteiger charge is -2.37. The van der Waals surface area contributed by atoms with E-state index >= 15 is 0 Å². The quantitative estimate of drug-likeness (QED) is 0.877. The number of likely N-dealkylation sites (tertiary alicyclic amines) is 1. The molecule has 0 bridgehead atoms. The van der Waals surface area contributed by atoms with E-state index in [1.54, 1.807) is 12.1 Å². The number of carbonyl (C=O) groups excluding carboxylic acids is 1. The number of hydrogen-bond acceptors (Lipinski definition) is 2. The number of urea groups is 1. The molecule has 5 nitrogen and oxygen atoms in total. The van der Waals surface area contributed by atoms with E-state index < -0.39 is 5.97 Å². The number of nitrogens with zero attached hydrogens (tertiary/aromatic N) is 1. The summed E-state index contributed by atoms with van der Waals surface area (Å²) < 4.78 is 0. The van der Waals surface area contributed by atoms with Crippen LogP contribution < -0.4 is 5.32 Å². The van der Waals surface area contributed by atoms with Gasteiger partial charge in [-0.3, -0.25) is 0 Å². The van der Waals surface area contributed by atoms with Crippen LogP contribution >= 0.6 is 0 Å². The van der Waals surface area contributed by atoms with Crippen molar-refractivity contribution in [2.24, 2.45) is 5.92 Å². The average Bonchev–Trinajstić information content (AvgIpc) is 2.43. The molecule has 1 aromatic rings. The van der Waals surface area contributed by atoms with Crippen molar-refractivity contribution in [3.8, 4) is 0 Å². The van der Waals surface area contributed by atoms with Gasteiger partial charge in [0.05, 0.1) is 5.56 Å². The fourth-order valence-electron chi connectivity index (χ4n) is 2.70. The highest BCUT2D eigenvalue weighted by Crippen LogP contribution is 2.24. The van der Waals surface area contributed by atoms with Crippen molar-refractivity contribution < 1.29 is 14.7 Å². The smallest absolute Gasteiger partial charge is 0.335 e. The van der Waals surface area contributed by atoms with Gasteiger partial charge in [-0.15, -0.1) is 0 Å². The fourth-order valence-corrected chi connectivity index (χ4v) is 2.70. The first kappa shape index (κ1) is 15.4. The molecule has 0 radical (unpaired) electrons. The Morgan fingerprint density at radius 1 is 1.33 bits per heavy atom. The highest BCUT2D eigenvalue weighted by atomic mass is 16.4. The summed E-state index contributed by atoms with van der Waals surface area (Å²) in [4.78, 5) is 25.3. The Bertz CT molecular complexity index is 556. The Morgan fingerprint density at radius 3 is 2.71 bits per heavy atom. The van der Waals surface area contributed by atoms with E-state index in [0.717, 1.165) is 24.9 Å². The number of aromatic carboxylic acids is 1. The lowest BCUT2D eigenvalue weighted by atomic mass is 9.92. The first-order valence-corrected chi connectivity index (χ1v) is 7.31. The standard InChI is InChI=1S/C16H22N2O3/c1-10-5-4-8-18(12(10)3)16(21)17-14-9-13(15(19)20)7-6-11(14)2/h6-7,9-10,12H,4-5,8H2,1-3H3,(H,17,21)(H,19,20). The second kappa shape index (κ2) is 6.16. The number of hydrogen-bond donors (Lipinski definition) is 2. The molecule has 114 valence electrons. The molecular weight excluding hydrogens is 268 g/mol. The Hall–Kier alpha value is -2.04. The average molecular weight is 290 g/mol. The van der Waals surface area contributed by atoms with Crippen LogP contribution in [0.4, 0.5) is 10.5 Å². The van der Waals surface area contributed by atoms with Gasteiger partial charge in [-0.05, 0) is 50.3 Å². The first-order chi connectivity index (χ1) is 9.90. The van der Waals surface area contributed by atoms with Crippen LogP contribution in [0.1, 0.15) is 42.6 Å². The van der Waals surface area contributed by atoms with Gasteiger partial charge in [0.25, 0.3) is 0 Å². The zero-order valence-corrected chi connectivity index (χ0v) is 12.7. The number of aryl methyl sites for hydroxylation is 1. The van der Waals surface area contributed by atoms with Gasteiger partial charge in [-0.1, -0.05) is 13.0 Å². The molecule has 1 aliphatic heterocycles. The van der Waals surface area contributed by atoms with Crippen molar-refractivity contribution in [2.45, 2.75) is 39.7 Å². The van der Waals surface area contributed by atoms with Crippen molar-refractivity contribution in [2.75, 3.05) is 11.9 Å². The van der Waals surface area contributed by atoms with Gasteiger partial charge in [0.1, 0.15) is 0 Å². The van der Waals surface area contributed by atoms with E-state index in [9.17, 15) is 9.59 Å². The molecule has 1 fully saturated rings. The molecule has 5 heteroatoms. The molecule has 2 atom stereocenters. The van der Waals surface area contributed by atoms with Crippen molar-refractivity contribution in [1.29, 1.82) is 0 Å². The monoisotopic (exact) mass is 290 g/mol. The lowest BCUT2D eigenvalue weighted by molar-refractivity contribution is 0.0697. The molecular formula is C16H22N2O3. The molecule has 0 aliphatic carbocycles. The van der Waals surface area contributed by atoms with Gasteiger partial charge in [-0.2, -0.15) is 0 Å². The van der Waals surface area contributed by atoms with Crippen LogP contribution in [0, 0.1) is 12.8 Å². The van der Waals surface area contributed by atoms with Crippen molar-refractivity contribution >= 4 is 17.7 Å². The summed E-state index contributed by atoms with van der Waals surface area (Å²) in [6.45, 7) is 6.81. The summed E-state index contributed by atoms with van der Waals surface area (Å²) in [5.74, 6) is -0.513. The van der Waals surface area contributed by atoms with Crippen LogP contribution in [-0.2, 0) is 0 Å². The predicted octanol–water partition coefficient (Wildman–Crippen LogP) is 3.35. The van der Waals surface area contributed by atoms with E-state index in [4.69, 9.17) is 5.11 Å². The van der Waals surface area contributed by atoms with Crippen LogP contribution in [0.5, 0.6) is 0 Å². The number of carboxylic acid groups (broad SMARTS) is 1. The van der Waals surface area contributed by atoms with Crippen LogP contribution in [0.15, 0.2) is 18.2 Å². The zero-order chi connectivity index (χ0) is 15.6. The maximum absolute atomic E-state index is 12.4. The minimum atomic E-state index is -0.995. The molecule has 2 unspecified atom stereocenters. The Balaban J connectivity index is 2.15. The second-order valence-electron chi connectivity index (χ2n) is 5.82. The first-order valence-electron chi connectivity index (χ1n) is 7.31. The molecule has 1 aromatic carbocycles. The minimum Gasteiger partial charge on any atom is -0.478 e. The number of anilines is 1. The minimum absolute atomic E-state index is 0.153. The molecule has 1 saturated heterocycles. The Kier molecular flexibility index (Phi) is 4.50. The predicted molar refractivity (Wildman–Crippen MR) is 81.7 cm³/mol. The normalized spacial score (nSPS) is 22.0. The molecule has 0 saturated carbocycles. The maximum Gasteiger partial charge on any atom is 0.335 e. The van der Waals surface area contributed by atoms with Crippen molar-refractivity contribution in [1.82, 2.24) is 4.90 Å². The summed E-state index contributed by atoms with van der Waals surface area (Å²) in [7, 11) is 0. The van der Waals surface area contributed by atoms with E-state index in [-0.39, 0.29) is 17.6 Å². The number of amides is 2. The van der Waals surface area contributed by atoms with Gasteiger partial charge < -0.3 is 15.3 Å². The number of rotatable bonds is 2. The number of nitrogens with one attached hydrogen (secondary N) is 1. The number of carboxylic acids is 1. The van der Waals surface area contributed by atoms with Crippen molar-refractivity contribution in [3.05, 3.63) is 29.3 Å². The molecule has 2 rings (SSSR count). The fraction of sp³-hybridized carbons (Fsp3) is 0.500.